The van der Waals surface area contributed by atoms with Gasteiger partial charge in [0.05, 0.1) is 0 Å². The van der Waals surface area contributed by atoms with E-state index in [4.69, 9.17) is 0 Å². The summed E-state index contributed by atoms with van der Waals surface area (Å²) in [5.41, 5.74) is 0.751. The zero-order valence-corrected chi connectivity index (χ0v) is 9.65. The number of carbonyl (C=O) groups excluding carboxylic acids is 1. The maximum absolute atomic E-state index is 11.7. The maximum Gasteiger partial charge on any atom is 0.241 e. The molecule has 15 heavy (non-hydrogen) atoms. The molecule has 4 heteroatoms. The summed E-state index contributed by atoms with van der Waals surface area (Å²) >= 11 is 0. The maximum atomic E-state index is 11.7. The Morgan fingerprint density at radius 3 is 2.60 bits per heavy atom. The number of nitrogens with zero attached hydrogens (tertiary/aromatic N) is 1. The van der Waals surface area contributed by atoms with Crippen LogP contribution in [0, 0.1) is 0 Å². The van der Waals surface area contributed by atoms with Crippen molar-refractivity contribution in [2.24, 2.45) is 0 Å². The van der Waals surface area contributed by atoms with Crippen molar-refractivity contribution >= 4 is 5.78 Å². The minimum atomic E-state index is 0. The number of rotatable bonds is 3. The van der Waals surface area contributed by atoms with E-state index >= 15 is 0 Å². The van der Waals surface area contributed by atoms with E-state index in [-0.39, 0.29) is 22.8 Å². The van der Waals surface area contributed by atoms with Gasteiger partial charge in [0.15, 0.2) is 6.54 Å². The van der Waals surface area contributed by atoms with Crippen molar-refractivity contribution in [3.8, 4) is 0 Å². The third-order valence-corrected chi connectivity index (χ3v) is 2.02. The lowest BCUT2D eigenvalue weighted by molar-refractivity contribution is -0.681. The van der Waals surface area contributed by atoms with Gasteiger partial charge in [-0.2, -0.15) is 0 Å². The smallest absolute Gasteiger partial charge is 0.241 e. The molecule has 0 amide bonds. The number of imidazole rings is 1. The van der Waals surface area contributed by atoms with Crippen molar-refractivity contribution in [1.82, 2.24) is 4.98 Å². The largest absolute Gasteiger partial charge is 1.00 e. The summed E-state index contributed by atoms with van der Waals surface area (Å²) in [6, 6.07) is 9.30. The predicted octanol–water partition coefficient (Wildman–Crippen LogP) is -1.81. The molecule has 78 valence electrons. The number of halogens is 1. The van der Waals surface area contributed by atoms with E-state index in [0.29, 0.717) is 6.54 Å². The van der Waals surface area contributed by atoms with Crippen LogP contribution in [-0.2, 0) is 6.54 Å². The molecule has 2 aromatic rings. The second-order valence-electron chi connectivity index (χ2n) is 3.07. The number of nitrogens with one attached hydrogen (secondary N) is 1. The van der Waals surface area contributed by atoms with Crippen LogP contribution in [0.3, 0.4) is 0 Å². The number of carbonyl (C=O) groups is 1. The Kier molecular flexibility index (Phi) is 4.24. The van der Waals surface area contributed by atoms with E-state index in [2.05, 4.69) is 4.98 Å². The average molecular weight is 267 g/mol. The molecule has 0 aliphatic rings. The van der Waals surface area contributed by atoms with Crippen molar-refractivity contribution in [2.75, 3.05) is 0 Å². The summed E-state index contributed by atoms with van der Waals surface area (Å²) in [6.45, 7) is 0.382. The van der Waals surface area contributed by atoms with Gasteiger partial charge in [0.1, 0.15) is 12.4 Å². The lowest BCUT2D eigenvalue weighted by atomic mass is 10.1. The van der Waals surface area contributed by atoms with E-state index in [1.165, 1.54) is 0 Å². The van der Waals surface area contributed by atoms with Crippen LogP contribution in [0.15, 0.2) is 49.1 Å². The first-order chi connectivity index (χ1) is 6.86. The highest BCUT2D eigenvalue weighted by molar-refractivity contribution is 5.94. The van der Waals surface area contributed by atoms with Crippen molar-refractivity contribution in [3.05, 3.63) is 54.6 Å². The molecule has 1 N–H and O–H groups in total. The highest BCUT2D eigenvalue weighted by Gasteiger charge is 2.08. The number of aromatic amines is 1. The van der Waals surface area contributed by atoms with Gasteiger partial charge in [-0.05, 0) is 0 Å². The van der Waals surface area contributed by atoms with E-state index in [9.17, 15) is 4.79 Å². The quantitative estimate of drug-likeness (QED) is 0.516. The molecule has 0 saturated heterocycles. The summed E-state index contributed by atoms with van der Waals surface area (Å²) in [4.78, 5) is 14.6. The van der Waals surface area contributed by atoms with Crippen molar-refractivity contribution in [1.29, 1.82) is 0 Å². The van der Waals surface area contributed by atoms with Crippen molar-refractivity contribution in [3.63, 3.8) is 0 Å². The van der Waals surface area contributed by atoms with Gasteiger partial charge in [-0.3, -0.25) is 9.78 Å². The first-order valence-electron chi connectivity index (χ1n) is 4.46. The van der Waals surface area contributed by atoms with Crippen LogP contribution in [0.4, 0.5) is 0 Å². The molecule has 0 atom stereocenters. The fraction of sp³-hybridized carbons (Fsp3) is 0.0909. The molecule has 0 spiro atoms. The summed E-state index contributed by atoms with van der Waals surface area (Å²) in [5.74, 6) is 0.121. The molecule has 0 radical (unpaired) electrons. The number of Topliss-reactive ketones (excluding diaryl/α,β-unsaturated/α-hetero) is 1. The van der Waals surface area contributed by atoms with Crippen LogP contribution < -0.4 is 21.5 Å². The number of benzene rings is 1. The van der Waals surface area contributed by atoms with Gasteiger partial charge in [-0.1, -0.05) is 30.3 Å². The molecular weight excluding hydrogens is 256 g/mol. The molecule has 0 aliphatic carbocycles. The SMILES string of the molecule is O=C(C[n+]1cc[nH]c1)c1ccccc1.[Br-]. The van der Waals surface area contributed by atoms with Gasteiger partial charge in [0, 0.05) is 5.56 Å². The number of aromatic nitrogens is 2. The second kappa shape index (κ2) is 5.46. The molecule has 2 rings (SSSR count). The lowest BCUT2D eigenvalue weighted by Gasteiger charge is -1.96. The third-order valence-electron chi connectivity index (χ3n) is 2.02. The van der Waals surface area contributed by atoms with Crippen molar-refractivity contribution < 1.29 is 26.3 Å². The van der Waals surface area contributed by atoms with Crippen LogP contribution in [0.25, 0.3) is 0 Å². The standard InChI is InChI=1S/C11H10N2O.BrH/c14-11(8-13-7-6-12-9-13)10-4-2-1-3-5-10;/h1-7,9H,8H2;1H. The highest BCUT2D eigenvalue weighted by Crippen LogP contribution is 1.99. The van der Waals surface area contributed by atoms with E-state index in [1.54, 1.807) is 12.5 Å². The zero-order valence-electron chi connectivity index (χ0n) is 8.06. The van der Waals surface area contributed by atoms with Crippen molar-refractivity contribution in [2.45, 2.75) is 6.54 Å². The topological polar surface area (TPSA) is 36.7 Å². The zero-order chi connectivity index (χ0) is 9.80. The van der Waals surface area contributed by atoms with Crippen LogP contribution in [0.1, 0.15) is 10.4 Å². The molecule has 0 unspecified atom stereocenters. The number of ketones is 1. The fourth-order valence-corrected chi connectivity index (χ4v) is 1.30. The Bertz CT molecular complexity index is 411. The highest BCUT2D eigenvalue weighted by atomic mass is 79.9. The Hall–Kier alpha value is -1.42. The third kappa shape index (κ3) is 3.02. The van der Waals surface area contributed by atoms with Gasteiger partial charge >= 0.3 is 0 Å². The summed E-state index contributed by atoms with van der Waals surface area (Å²) in [5, 5.41) is 0. The molecule has 1 aromatic carbocycles. The van der Waals surface area contributed by atoms with Crippen LogP contribution >= 0.6 is 0 Å². The van der Waals surface area contributed by atoms with Gasteiger partial charge in [0.25, 0.3) is 0 Å². The molecule has 1 heterocycles. The van der Waals surface area contributed by atoms with Gasteiger partial charge < -0.3 is 17.0 Å². The van der Waals surface area contributed by atoms with Crippen LogP contribution in [0.2, 0.25) is 0 Å². The average Bonchev–Trinajstić information content (AvgIpc) is 2.72. The molecule has 0 bridgehead atoms. The lowest BCUT2D eigenvalue weighted by Crippen LogP contribution is -3.00. The first kappa shape index (κ1) is 11.7. The van der Waals surface area contributed by atoms with Gasteiger partial charge in [0.2, 0.25) is 12.1 Å². The van der Waals surface area contributed by atoms with Gasteiger partial charge in [-0.15, -0.1) is 0 Å². The van der Waals surface area contributed by atoms with E-state index in [1.807, 2.05) is 41.1 Å². The fourth-order valence-electron chi connectivity index (χ4n) is 1.30. The van der Waals surface area contributed by atoms with Gasteiger partial charge in [-0.25, -0.2) is 4.57 Å². The van der Waals surface area contributed by atoms with E-state index in [0.717, 1.165) is 5.56 Å². The monoisotopic (exact) mass is 266 g/mol. The minimum absolute atomic E-state index is 0. The molecular formula is C11H11BrN2O. The number of H-pyrrole nitrogens is 1. The summed E-state index contributed by atoms with van der Waals surface area (Å²) < 4.78 is 1.81. The normalized spacial score (nSPS) is 9.33. The van der Waals surface area contributed by atoms with Crippen LogP contribution in [-0.4, -0.2) is 10.8 Å². The Morgan fingerprint density at radius 1 is 1.27 bits per heavy atom. The first-order valence-corrected chi connectivity index (χ1v) is 4.46. The van der Waals surface area contributed by atoms with Crippen LogP contribution in [0.5, 0.6) is 0 Å². The molecule has 0 aliphatic heterocycles. The van der Waals surface area contributed by atoms with E-state index < -0.39 is 0 Å². The molecule has 1 aromatic heterocycles. The molecule has 0 fully saturated rings. The Labute approximate surface area is 98.5 Å². The molecule has 0 saturated carbocycles. The molecule has 3 nitrogen and oxygen atoms in total. The summed E-state index contributed by atoms with van der Waals surface area (Å²) in [6.07, 6.45) is 5.39. The number of hydrogen-bond donors (Lipinski definition) is 1. The Morgan fingerprint density at radius 2 is 2.00 bits per heavy atom. The Balaban J connectivity index is 0.00000112. The summed E-state index contributed by atoms with van der Waals surface area (Å²) in [7, 11) is 0. The number of hydrogen-bond acceptors (Lipinski definition) is 1. The second-order valence-corrected chi connectivity index (χ2v) is 3.07. The predicted molar refractivity (Wildman–Crippen MR) is 51.8 cm³/mol. The minimum Gasteiger partial charge on any atom is -1.00 e.